The number of hydrogen-bond donors (Lipinski definition) is 1. The van der Waals surface area contributed by atoms with Crippen molar-refractivity contribution in [1.82, 2.24) is 0 Å². The minimum atomic E-state index is 0.406. The van der Waals surface area contributed by atoms with Crippen LogP contribution in [0.4, 0.5) is 5.69 Å². The molecule has 1 unspecified atom stereocenters. The second kappa shape index (κ2) is 5.59. The Hall–Kier alpha value is -0.930. The maximum Gasteiger partial charge on any atom is 0.0607 e. The molecule has 0 saturated carbocycles. The molecule has 0 saturated heterocycles. The summed E-state index contributed by atoms with van der Waals surface area (Å²) in [6.07, 6.45) is 0. The molecule has 0 radical (unpaired) electrons. The van der Waals surface area contributed by atoms with Crippen molar-refractivity contribution in [3.05, 3.63) is 63.6 Å². The number of nitrogens with one attached hydrogen (secondary N) is 1. The molecule has 1 aliphatic rings. The first-order chi connectivity index (χ1) is 9.24. The Kier molecular flexibility index (Phi) is 3.85. The molecule has 0 aromatic heterocycles. The van der Waals surface area contributed by atoms with E-state index in [1.165, 1.54) is 22.4 Å². The molecule has 3 heteroatoms. The summed E-state index contributed by atoms with van der Waals surface area (Å²) >= 11 is 5.55. The zero-order valence-corrected chi connectivity index (χ0v) is 13.2. The van der Waals surface area contributed by atoms with E-state index in [1.807, 2.05) is 11.8 Å². The highest BCUT2D eigenvalue weighted by Crippen LogP contribution is 2.34. The second-order valence-electron chi connectivity index (χ2n) is 4.87. The Morgan fingerprint density at radius 3 is 2.95 bits per heavy atom. The van der Waals surface area contributed by atoms with Gasteiger partial charge in [0.15, 0.2) is 0 Å². The van der Waals surface area contributed by atoms with Gasteiger partial charge >= 0.3 is 0 Å². The van der Waals surface area contributed by atoms with E-state index < -0.39 is 0 Å². The van der Waals surface area contributed by atoms with E-state index in [2.05, 4.69) is 70.6 Å². The number of thioether (sulfide) groups is 1. The third-order valence-corrected chi connectivity index (χ3v) is 5.08. The van der Waals surface area contributed by atoms with Crippen molar-refractivity contribution in [2.75, 3.05) is 11.1 Å². The van der Waals surface area contributed by atoms with E-state index in [-0.39, 0.29) is 0 Å². The van der Waals surface area contributed by atoms with Crippen molar-refractivity contribution in [2.45, 2.75) is 18.7 Å². The van der Waals surface area contributed by atoms with Crippen molar-refractivity contribution < 1.29 is 0 Å². The minimum absolute atomic E-state index is 0.406. The molecule has 3 rings (SSSR count). The molecule has 0 spiro atoms. The summed E-state index contributed by atoms with van der Waals surface area (Å²) < 4.78 is 1.12. The molecule has 1 atom stereocenters. The Balaban J connectivity index is 1.90. The van der Waals surface area contributed by atoms with Crippen molar-refractivity contribution >= 4 is 33.4 Å². The lowest BCUT2D eigenvalue weighted by Gasteiger charge is -2.27. The number of aryl methyl sites for hydroxylation is 1. The molecule has 2 aromatic rings. The SMILES string of the molecule is Cc1ccc(Br)cc1NC1CSCc2ccccc21. The van der Waals surface area contributed by atoms with Crippen LogP contribution >= 0.6 is 27.7 Å². The molecule has 98 valence electrons. The predicted molar refractivity (Wildman–Crippen MR) is 87.8 cm³/mol. The van der Waals surface area contributed by atoms with Gasteiger partial charge < -0.3 is 5.32 Å². The quantitative estimate of drug-likeness (QED) is 0.814. The van der Waals surface area contributed by atoms with Crippen molar-refractivity contribution in [3.8, 4) is 0 Å². The summed E-state index contributed by atoms with van der Waals surface area (Å²) in [6, 6.07) is 15.6. The van der Waals surface area contributed by atoms with Crippen LogP contribution in [-0.2, 0) is 5.75 Å². The fourth-order valence-electron chi connectivity index (χ4n) is 2.44. The largest absolute Gasteiger partial charge is 0.377 e. The lowest BCUT2D eigenvalue weighted by molar-refractivity contribution is 0.869. The molecule has 1 heterocycles. The number of fused-ring (bicyclic) bond motifs is 1. The fourth-order valence-corrected chi connectivity index (χ4v) is 3.90. The van der Waals surface area contributed by atoms with E-state index in [1.54, 1.807) is 0 Å². The van der Waals surface area contributed by atoms with Crippen LogP contribution < -0.4 is 5.32 Å². The van der Waals surface area contributed by atoms with Gasteiger partial charge in [0.25, 0.3) is 0 Å². The van der Waals surface area contributed by atoms with E-state index in [4.69, 9.17) is 0 Å². The molecule has 19 heavy (non-hydrogen) atoms. The van der Waals surface area contributed by atoms with Crippen molar-refractivity contribution in [2.24, 2.45) is 0 Å². The molecule has 1 nitrogen and oxygen atoms in total. The van der Waals surface area contributed by atoms with E-state index >= 15 is 0 Å². The summed E-state index contributed by atoms with van der Waals surface area (Å²) in [5.41, 5.74) is 5.41. The predicted octanol–water partition coefficient (Wildman–Crippen LogP) is 5.16. The number of rotatable bonds is 2. The second-order valence-corrected chi connectivity index (χ2v) is 6.82. The summed E-state index contributed by atoms with van der Waals surface area (Å²) in [4.78, 5) is 0. The Bertz CT molecular complexity index is 597. The monoisotopic (exact) mass is 333 g/mol. The van der Waals surface area contributed by atoms with Gasteiger partial charge in [0.2, 0.25) is 0 Å². The minimum Gasteiger partial charge on any atom is -0.377 e. The highest BCUT2D eigenvalue weighted by Gasteiger charge is 2.20. The average Bonchev–Trinajstić information content (AvgIpc) is 2.43. The Morgan fingerprint density at radius 1 is 1.21 bits per heavy atom. The van der Waals surface area contributed by atoms with Gasteiger partial charge in [-0.2, -0.15) is 11.8 Å². The van der Waals surface area contributed by atoms with Crippen LogP contribution in [0.1, 0.15) is 22.7 Å². The molecule has 1 N–H and O–H groups in total. The highest BCUT2D eigenvalue weighted by atomic mass is 79.9. The van der Waals surface area contributed by atoms with Gasteiger partial charge in [0, 0.05) is 21.7 Å². The number of hydrogen-bond acceptors (Lipinski definition) is 2. The van der Waals surface area contributed by atoms with Gasteiger partial charge in [-0.15, -0.1) is 0 Å². The van der Waals surface area contributed by atoms with Crippen LogP contribution in [-0.4, -0.2) is 5.75 Å². The summed E-state index contributed by atoms with van der Waals surface area (Å²) in [5, 5.41) is 3.70. The smallest absolute Gasteiger partial charge is 0.0607 e. The van der Waals surface area contributed by atoms with Gasteiger partial charge in [-0.1, -0.05) is 46.3 Å². The van der Waals surface area contributed by atoms with Crippen LogP contribution in [0.3, 0.4) is 0 Å². The van der Waals surface area contributed by atoms with Crippen LogP contribution in [0.2, 0.25) is 0 Å². The zero-order valence-electron chi connectivity index (χ0n) is 10.8. The molecule has 0 aliphatic carbocycles. The first-order valence-electron chi connectivity index (χ1n) is 6.42. The van der Waals surface area contributed by atoms with E-state index in [0.29, 0.717) is 6.04 Å². The first kappa shape index (κ1) is 13.1. The average molecular weight is 334 g/mol. The van der Waals surface area contributed by atoms with Crippen molar-refractivity contribution in [1.29, 1.82) is 0 Å². The molecular weight excluding hydrogens is 318 g/mol. The molecular formula is C16H16BrNS. The zero-order chi connectivity index (χ0) is 13.2. The van der Waals surface area contributed by atoms with Crippen LogP contribution in [0.5, 0.6) is 0 Å². The Labute approximate surface area is 126 Å². The van der Waals surface area contributed by atoms with Gasteiger partial charge in [-0.05, 0) is 35.7 Å². The third-order valence-electron chi connectivity index (χ3n) is 3.50. The number of benzene rings is 2. The molecule has 0 amide bonds. The summed E-state index contributed by atoms with van der Waals surface area (Å²) in [6.45, 7) is 2.15. The maximum atomic E-state index is 3.70. The van der Waals surface area contributed by atoms with Crippen LogP contribution in [0.15, 0.2) is 46.9 Å². The normalized spacial score (nSPS) is 17.9. The van der Waals surface area contributed by atoms with Crippen LogP contribution in [0, 0.1) is 6.92 Å². The molecule has 0 fully saturated rings. The summed E-state index contributed by atoms with van der Waals surface area (Å²) in [5.74, 6) is 2.26. The molecule has 0 bridgehead atoms. The third kappa shape index (κ3) is 2.82. The number of anilines is 1. The molecule has 2 aromatic carbocycles. The van der Waals surface area contributed by atoms with Crippen LogP contribution in [0.25, 0.3) is 0 Å². The topological polar surface area (TPSA) is 12.0 Å². The lowest BCUT2D eigenvalue weighted by Crippen LogP contribution is -2.19. The fraction of sp³-hybridized carbons (Fsp3) is 0.250. The van der Waals surface area contributed by atoms with Gasteiger partial charge in [0.05, 0.1) is 6.04 Å². The van der Waals surface area contributed by atoms with Gasteiger partial charge in [-0.3, -0.25) is 0 Å². The first-order valence-corrected chi connectivity index (χ1v) is 8.37. The van der Waals surface area contributed by atoms with Gasteiger partial charge in [0.1, 0.15) is 0 Å². The van der Waals surface area contributed by atoms with E-state index in [9.17, 15) is 0 Å². The summed E-state index contributed by atoms with van der Waals surface area (Å²) in [7, 11) is 0. The Morgan fingerprint density at radius 2 is 2.05 bits per heavy atom. The van der Waals surface area contributed by atoms with Crippen molar-refractivity contribution in [3.63, 3.8) is 0 Å². The standard InChI is InChI=1S/C16H16BrNS/c1-11-6-7-13(17)8-15(11)18-16-10-19-9-12-4-2-3-5-14(12)16/h2-8,16,18H,9-10H2,1H3. The van der Waals surface area contributed by atoms with Gasteiger partial charge in [-0.25, -0.2) is 0 Å². The lowest BCUT2D eigenvalue weighted by atomic mass is 10.0. The highest BCUT2D eigenvalue weighted by molar-refractivity contribution is 9.10. The maximum absolute atomic E-state index is 3.70. The van der Waals surface area contributed by atoms with E-state index in [0.717, 1.165) is 16.0 Å². The molecule has 1 aliphatic heterocycles. The number of halogens is 1.